The maximum atomic E-state index is 12.9. The lowest BCUT2D eigenvalue weighted by molar-refractivity contribution is -0.523. The van der Waals surface area contributed by atoms with Gasteiger partial charge in [0.15, 0.2) is 0 Å². The molecule has 21 heavy (non-hydrogen) atoms. The normalized spacial score (nSPS) is 14.1. The predicted molar refractivity (Wildman–Crippen MR) is 75.0 cm³/mol. The third-order valence-electron chi connectivity index (χ3n) is 2.72. The molecule has 0 saturated carbocycles. The third-order valence-corrected chi connectivity index (χ3v) is 2.72. The van der Waals surface area contributed by atoms with Crippen molar-refractivity contribution in [3.05, 3.63) is 45.8 Å². The zero-order valence-electron chi connectivity index (χ0n) is 12.4. The SMILES string of the molecule is C[C@H]([C@@H](NC(=O)OC(C)(C)C)c1ccc(F)cc1)[N+](=O)[O-]. The van der Waals surface area contributed by atoms with Gasteiger partial charge in [-0.1, -0.05) is 12.1 Å². The van der Waals surface area contributed by atoms with E-state index in [1.807, 2.05) is 0 Å². The molecule has 0 aliphatic rings. The van der Waals surface area contributed by atoms with Crippen molar-refractivity contribution in [3.63, 3.8) is 0 Å². The van der Waals surface area contributed by atoms with E-state index in [0.29, 0.717) is 5.56 Å². The van der Waals surface area contributed by atoms with E-state index < -0.39 is 34.5 Å². The number of rotatable bonds is 4. The van der Waals surface area contributed by atoms with E-state index in [1.165, 1.54) is 31.2 Å². The Labute approximate surface area is 122 Å². The van der Waals surface area contributed by atoms with E-state index in [2.05, 4.69) is 5.32 Å². The van der Waals surface area contributed by atoms with Gasteiger partial charge in [0.1, 0.15) is 17.5 Å². The van der Waals surface area contributed by atoms with Crippen LogP contribution in [0.2, 0.25) is 0 Å². The molecule has 1 amide bonds. The summed E-state index contributed by atoms with van der Waals surface area (Å²) in [6.45, 7) is 6.44. The van der Waals surface area contributed by atoms with E-state index in [9.17, 15) is 19.3 Å². The highest BCUT2D eigenvalue weighted by molar-refractivity contribution is 5.68. The molecule has 0 radical (unpaired) electrons. The molecule has 0 fully saturated rings. The van der Waals surface area contributed by atoms with Gasteiger partial charge >= 0.3 is 6.09 Å². The van der Waals surface area contributed by atoms with Gasteiger partial charge in [-0.05, 0) is 38.5 Å². The largest absolute Gasteiger partial charge is 0.444 e. The molecule has 0 unspecified atom stereocenters. The Hall–Kier alpha value is -2.18. The number of alkyl carbamates (subject to hydrolysis) is 1. The molecular formula is C14H19FN2O4. The number of carbonyl (C=O) groups excluding carboxylic acids is 1. The minimum absolute atomic E-state index is 0.437. The number of amides is 1. The van der Waals surface area contributed by atoms with Crippen molar-refractivity contribution in [2.45, 2.75) is 45.4 Å². The molecule has 7 heteroatoms. The Balaban J connectivity index is 2.95. The molecule has 0 saturated heterocycles. The Morgan fingerprint density at radius 1 is 1.33 bits per heavy atom. The first-order valence-electron chi connectivity index (χ1n) is 6.48. The minimum Gasteiger partial charge on any atom is -0.444 e. The molecule has 1 N–H and O–H groups in total. The summed E-state index contributed by atoms with van der Waals surface area (Å²) < 4.78 is 18.0. The molecular weight excluding hydrogens is 279 g/mol. The second kappa shape index (κ2) is 6.51. The topological polar surface area (TPSA) is 81.5 Å². The van der Waals surface area contributed by atoms with Crippen molar-refractivity contribution < 1.29 is 18.8 Å². The summed E-state index contributed by atoms with van der Waals surface area (Å²) in [4.78, 5) is 22.3. The van der Waals surface area contributed by atoms with E-state index >= 15 is 0 Å². The van der Waals surface area contributed by atoms with E-state index in [4.69, 9.17) is 4.74 Å². The molecule has 2 atom stereocenters. The van der Waals surface area contributed by atoms with Crippen molar-refractivity contribution >= 4 is 6.09 Å². The van der Waals surface area contributed by atoms with Crippen molar-refractivity contribution in [2.75, 3.05) is 0 Å². The molecule has 0 aliphatic heterocycles. The summed E-state index contributed by atoms with van der Waals surface area (Å²) in [5, 5.41) is 13.5. The van der Waals surface area contributed by atoms with Crippen LogP contribution in [-0.4, -0.2) is 22.7 Å². The van der Waals surface area contributed by atoms with E-state index in [1.54, 1.807) is 20.8 Å². The second-order valence-corrected chi connectivity index (χ2v) is 5.70. The Morgan fingerprint density at radius 2 is 1.86 bits per heavy atom. The number of benzene rings is 1. The average molecular weight is 298 g/mol. The first-order chi connectivity index (χ1) is 9.60. The summed E-state index contributed by atoms with van der Waals surface area (Å²) in [5.41, 5.74) is -0.276. The molecule has 6 nitrogen and oxygen atoms in total. The van der Waals surface area contributed by atoms with Crippen molar-refractivity contribution in [1.82, 2.24) is 5.32 Å². The highest BCUT2D eigenvalue weighted by atomic mass is 19.1. The number of halogens is 1. The maximum absolute atomic E-state index is 12.9. The molecule has 1 aromatic rings. The molecule has 1 aromatic carbocycles. The first kappa shape index (κ1) is 16.9. The van der Waals surface area contributed by atoms with Crippen LogP contribution in [-0.2, 0) is 4.74 Å². The summed E-state index contributed by atoms with van der Waals surface area (Å²) in [6.07, 6.45) is -0.759. The fourth-order valence-electron chi connectivity index (χ4n) is 1.71. The molecule has 0 aromatic heterocycles. The van der Waals surface area contributed by atoms with Crippen LogP contribution in [0.5, 0.6) is 0 Å². The zero-order chi connectivity index (χ0) is 16.2. The van der Waals surface area contributed by atoms with Crippen LogP contribution in [0.3, 0.4) is 0 Å². The molecule has 0 heterocycles. The monoisotopic (exact) mass is 298 g/mol. The molecule has 0 spiro atoms. The molecule has 0 bridgehead atoms. The van der Waals surface area contributed by atoms with E-state index in [0.717, 1.165) is 0 Å². The summed E-state index contributed by atoms with van der Waals surface area (Å²) in [5.74, 6) is -0.455. The average Bonchev–Trinajstić information content (AvgIpc) is 2.34. The van der Waals surface area contributed by atoms with Crippen LogP contribution in [0, 0.1) is 15.9 Å². The number of nitro groups is 1. The zero-order valence-corrected chi connectivity index (χ0v) is 12.4. The molecule has 1 rings (SSSR count). The fraction of sp³-hybridized carbons (Fsp3) is 0.500. The number of nitrogens with zero attached hydrogens (tertiary/aromatic N) is 1. The Bertz CT molecular complexity index is 511. The number of hydrogen-bond donors (Lipinski definition) is 1. The van der Waals surface area contributed by atoms with Crippen LogP contribution in [0.25, 0.3) is 0 Å². The van der Waals surface area contributed by atoms with Gasteiger partial charge in [0.25, 0.3) is 0 Å². The number of nitrogens with one attached hydrogen (secondary N) is 1. The summed E-state index contributed by atoms with van der Waals surface area (Å²) in [6, 6.07) is 3.19. The van der Waals surface area contributed by atoms with Gasteiger partial charge < -0.3 is 10.1 Å². The van der Waals surface area contributed by atoms with Gasteiger partial charge in [-0.15, -0.1) is 0 Å². The predicted octanol–water partition coefficient (Wildman–Crippen LogP) is 3.06. The molecule has 0 aliphatic carbocycles. The Morgan fingerprint density at radius 3 is 2.29 bits per heavy atom. The van der Waals surface area contributed by atoms with Crippen LogP contribution in [0.1, 0.15) is 39.3 Å². The lowest BCUT2D eigenvalue weighted by Crippen LogP contribution is -2.41. The van der Waals surface area contributed by atoms with Crippen molar-refractivity contribution in [3.8, 4) is 0 Å². The fourth-order valence-corrected chi connectivity index (χ4v) is 1.71. The van der Waals surface area contributed by atoms with Crippen LogP contribution >= 0.6 is 0 Å². The lowest BCUT2D eigenvalue weighted by Gasteiger charge is -2.24. The van der Waals surface area contributed by atoms with Gasteiger partial charge in [-0.3, -0.25) is 10.1 Å². The van der Waals surface area contributed by atoms with Crippen molar-refractivity contribution in [1.29, 1.82) is 0 Å². The van der Waals surface area contributed by atoms with Gasteiger partial charge in [-0.2, -0.15) is 0 Å². The molecule has 116 valence electrons. The van der Waals surface area contributed by atoms with Crippen LogP contribution in [0.15, 0.2) is 24.3 Å². The van der Waals surface area contributed by atoms with Gasteiger partial charge in [0.2, 0.25) is 6.04 Å². The van der Waals surface area contributed by atoms with E-state index in [-0.39, 0.29) is 0 Å². The Kier molecular flexibility index (Phi) is 5.23. The second-order valence-electron chi connectivity index (χ2n) is 5.70. The smallest absolute Gasteiger partial charge is 0.408 e. The highest BCUT2D eigenvalue weighted by Crippen LogP contribution is 2.20. The highest BCUT2D eigenvalue weighted by Gasteiger charge is 2.31. The maximum Gasteiger partial charge on any atom is 0.408 e. The van der Waals surface area contributed by atoms with Crippen molar-refractivity contribution in [2.24, 2.45) is 0 Å². The van der Waals surface area contributed by atoms with Crippen LogP contribution in [0.4, 0.5) is 9.18 Å². The quantitative estimate of drug-likeness (QED) is 0.684. The number of hydrogen-bond acceptors (Lipinski definition) is 4. The number of ether oxygens (including phenoxy) is 1. The van der Waals surface area contributed by atoms with Gasteiger partial charge in [0.05, 0.1) is 0 Å². The van der Waals surface area contributed by atoms with Gasteiger partial charge in [-0.25, -0.2) is 9.18 Å². The summed E-state index contributed by atoms with van der Waals surface area (Å²) in [7, 11) is 0. The lowest BCUT2D eigenvalue weighted by atomic mass is 10.0. The van der Waals surface area contributed by atoms with Gasteiger partial charge in [0, 0.05) is 11.8 Å². The third kappa shape index (κ3) is 5.37. The summed E-state index contributed by atoms with van der Waals surface area (Å²) >= 11 is 0. The first-order valence-corrected chi connectivity index (χ1v) is 6.48. The minimum atomic E-state index is -1.08. The van der Waals surface area contributed by atoms with Crippen LogP contribution < -0.4 is 5.32 Å². The number of carbonyl (C=O) groups is 1. The standard InChI is InChI=1S/C14H19FN2O4/c1-9(17(19)20)12(10-5-7-11(15)8-6-10)16-13(18)21-14(2,3)4/h5-9,12H,1-4H3,(H,16,18)/t9-,12-/m1/s1.